The molecule has 3 nitrogen and oxygen atoms in total. The van der Waals surface area contributed by atoms with E-state index in [9.17, 15) is 0 Å². The topological polar surface area (TPSA) is 29.9 Å². The Balaban J connectivity index is 2.64. The Morgan fingerprint density at radius 1 is 1.28 bits per heavy atom. The first-order chi connectivity index (χ1) is 8.72. The van der Waals surface area contributed by atoms with Gasteiger partial charge in [-0.15, -0.1) is 0 Å². The Morgan fingerprint density at radius 3 is 2.67 bits per heavy atom. The number of nitrogens with one attached hydrogen (secondary N) is 1. The predicted octanol–water partition coefficient (Wildman–Crippen LogP) is 3.25. The molecule has 1 aromatic rings. The summed E-state index contributed by atoms with van der Waals surface area (Å²) in [5, 5.41) is 3.69. The summed E-state index contributed by atoms with van der Waals surface area (Å²) in [7, 11) is 0. The molecule has 0 radical (unpaired) electrons. The van der Waals surface area contributed by atoms with Crippen LogP contribution in [0.25, 0.3) is 0 Å². The summed E-state index contributed by atoms with van der Waals surface area (Å²) in [4.78, 5) is 4.50. The van der Waals surface area contributed by atoms with Gasteiger partial charge in [-0.3, -0.25) is 0 Å². The van der Waals surface area contributed by atoms with Crippen LogP contribution in [-0.2, 0) is 13.0 Å². The summed E-state index contributed by atoms with van der Waals surface area (Å²) in [6.07, 6.45) is 8.78. The molecule has 104 valence electrons. The molecular weight excluding hydrogens is 222 g/mol. The van der Waals surface area contributed by atoms with Gasteiger partial charge in [0.15, 0.2) is 0 Å². The smallest absolute Gasteiger partial charge is 0.110 e. The van der Waals surface area contributed by atoms with Crippen LogP contribution in [0.3, 0.4) is 0 Å². The molecule has 1 rings (SSSR count). The fraction of sp³-hybridized carbons (Fsp3) is 0.800. The molecule has 0 aromatic carbocycles. The lowest BCUT2D eigenvalue weighted by Crippen LogP contribution is -2.38. The Kier molecular flexibility index (Phi) is 7.02. The SMILES string of the molecule is CCCNC(Cc1nccn1CC)C(C)CCC. The molecule has 0 bridgehead atoms. The zero-order chi connectivity index (χ0) is 13.4. The van der Waals surface area contributed by atoms with Crippen LogP contribution >= 0.6 is 0 Å². The lowest BCUT2D eigenvalue weighted by molar-refractivity contribution is 0.345. The third-order valence-electron chi connectivity index (χ3n) is 3.63. The van der Waals surface area contributed by atoms with Gasteiger partial charge in [-0.25, -0.2) is 4.98 Å². The van der Waals surface area contributed by atoms with Crippen molar-refractivity contribution < 1.29 is 0 Å². The second-order valence-electron chi connectivity index (χ2n) is 5.16. The van der Waals surface area contributed by atoms with E-state index in [0.29, 0.717) is 12.0 Å². The normalized spacial score (nSPS) is 14.7. The van der Waals surface area contributed by atoms with Crippen LogP contribution in [0.1, 0.15) is 52.8 Å². The van der Waals surface area contributed by atoms with Crippen molar-refractivity contribution in [2.45, 2.75) is 66.0 Å². The second-order valence-corrected chi connectivity index (χ2v) is 5.16. The highest BCUT2D eigenvalue weighted by atomic mass is 15.1. The van der Waals surface area contributed by atoms with E-state index in [2.05, 4.69) is 48.8 Å². The van der Waals surface area contributed by atoms with Crippen LogP contribution in [0.2, 0.25) is 0 Å². The maximum atomic E-state index is 4.50. The average molecular weight is 251 g/mol. The molecule has 0 spiro atoms. The van der Waals surface area contributed by atoms with Gasteiger partial charge >= 0.3 is 0 Å². The van der Waals surface area contributed by atoms with E-state index in [1.165, 1.54) is 25.1 Å². The summed E-state index contributed by atoms with van der Waals surface area (Å²) >= 11 is 0. The largest absolute Gasteiger partial charge is 0.335 e. The summed E-state index contributed by atoms with van der Waals surface area (Å²) in [5.74, 6) is 1.93. The molecule has 1 aromatic heterocycles. The van der Waals surface area contributed by atoms with Gasteiger partial charge in [0.2, 0.25) is 0 Å². The Labute approximate surface area is 112 Å². The second kappa shape index (κ2) is 8.30. The molecule has 0 aliphatic heterocycles. The number of nitrogens with zero attached hydrogens (tertiary/aromatic N) is 2. The van der Waals surface area contributed by atoms with Gasteiger partial charge in [0.05, 0.1) is 0 Å². The minimum atomic E-state index is 0.553. The van der Waals surface area contributed by atoms with Crippen LogP contribution in [0.5, 0.6) is 0 Å². The number of hydrogen-bond donors (Lipinski definition) is 1. The van der Waals surface area contributed by atoms with Gasteiger partial charge in [0.25, 0.3) is 0 Å². The molecule has 0 saturated heterocycles. The van der Waals surface area contributed by atoms with E-state index < -0.39 is 0 Å². The highest BCUT2D eigenvalue weighted by Gasteiger charge is 2.18. The Morgan fingerprint density at radius 2 is 2.06 bits per heavy atom. The lowest BCUT2D eigenvalue weighted by atomic mass is 9.94. The lowest BCUT2D eigenvalue weighted by Gasteiger charge is -2.25. The molecule has 0 aliphatic rings. The maximum Gasteiger partial charge on any atom is 0.110 e. The van der Waals surface area contributed by atoms with Crippen molar-refractivity contribution in [1.29, 1.82) is 0 Å². The van der Waals surface area contributed by atoms with Crippen molar-refractivity contribution in [2.24, 2.45) is 5.92 Å². The molecular formula is C15H29N3. The third kappa shape index (κ3) is 4.45. The average Bonchev–Trinajstić information content (AvgIpc) is 2.81. The highest BCUT2D eigenvalue weighted by molar-refractivity contribution is 4.96. The van der Waals surface area contributed by atoms with Crippen LogP contribution < -0.4 is 5.32 Å². The van der Waals surface area contributed by atoms with Crippen LogP contribution in [0, 0.1) is 5.92 Å². The Hall–Kier alpha value is -0.830. The number of rotatable bonds is 9. The molecule has 18 heavy (non-hydrogen) atoms. The number of hydrogen-bond acceptors (Lipinski definition) is 2. The summed E-state index contributed by atoms with van der Waals surface area (Å²) < 4.78 is 2.25. The van der Waals surface area contributed by atoms with Gasteiger partial charge in [-0.2, -0.15) is 0 Å². The van der Waals surface area contributed by atoms with Crippen LogP contribution in [0.15, 0.2) is 12.4 Å². The van der Waals surface area contributed by atoms with E-state index in [-0.39, 0.29) is 0 Å². The quantitative estimate of drug-likeness (QED) is 0.730. The first-order valence-corrected chi connectivity index (χ1v) is 7.46. The summed E-state index contributed by atoms with van der Waals surface area (Å²) in [5.41, 5.74) is 0. The molecule has 0 amide bonds. The highest BCUT2D eigenvalue weighted by Crippen LogP contribution is 2.15. The first kappa shape index (κ1) is 15.2. The van der Waals surface area contributed by atoms with Gasteiger partial charge in [-0.1, -0.05) is 27.2 Å². The zero-order valence-corrected chi connectivity index (χ0v) is 12.4. The van der Waals surface area contributed by atoms with E-state index in [1.807, 2.05) is 6.20 Å². The fourth-order valence-corrected chi connectivity index (χ4v) is 2.48. The summed E-state index contributed by atoms with van der Waals surface area (Å²) in [6.45, 7) is 11.1. The molecule has 1 heterocycles. The molecule has 2 unspecified atom stereocenters. The molecule has 1 N–H and O–H groups in total. The van der Waals surface area contributed by atoms with Gasteiger partial charge in [0.1, 0.15) is 5.82 Å². The minimum Gasteiger partial charge on any atom is -0.335 e. The fourth-order valence-electron chi connectivity index (χ4n) is 2.48. The number of aryl methyl sites for hydroxylation is 1. The van der Waals surface area contributed by atoms with Gasteiger partial charge in [0, 0.05) is 31.4 Å². The molecule has 3 heteroatoms. The van der Waals surface area contributed by atoms with Crippen molar-refractivity contribution in [1.82, 2.24) is 14.9 Å². The van der Waals surface area contributed by atoms with E-state index >= 15 is 0 Å². The van der Waals surface area contributed by atoms with Gasteiger partial charge in [-0.05, 0) is 32.2 Å². The monoisotopic (exact) mass is 251 g/mol. The van der Waals surface area contributed by atoms with Crippen molar-refractivity contribution >= 4 is 0 Å². The van der Waals surface area contributed by atoms with E-state index in [0.717, 1.165) is 19.5 Å². The van der Waals surface area contributed by atoms with Crippen molar-refractivity contribution in [2.75, 3.05) is 6.54 Å². The molecule has 0 fully saturated rings. The zero-order valence-electron chi connectivity index (χ0n) is 12.4. The minimum absolute atomic E-state index is 0.553. The number of aromatic nitrogens is 2. The van der Waals surface area contributed by atoms with Crippen LogP contribution in [0.4, 0.5) is 0 Å². The Bertz CT molecular complexity index is 319. The van der Waals surface area contributed by atoms with Crippen molar-refractivity contribution in [3.63, 3.8) is 0 Å². The van der Waals surface area contributed by atoms with Crippen molar-refractivity contribution in [3.05, 3.63) is 18.2 Å². The van der Waals surface area contributed by atoms with Gasteiger partial charge < -0.3 is 9.88 Å². The van der Waals surface area contributed by atoms with Crippen molar-refractivity contribution in [3.8, 4) is 0 Å². The first-order valence-electron chi connectivity index (χ1n) is 7.46. The molecule has 0 aliphatic carbocycles. The van der Waals surface area contributed by atoms with Crippen LogP contribution in [-0.4, -0.2) is 22.1 Å². The predicted molar refractivity (Wildman–Crippen MR) is 77.8 cm³/mol. The standard InChI is InChI=1S/C15H29N3/c1-5-8-13(4)14(16-9-6-2)12-15-17-10-11-18(15)7-3/h10-11,13-14,16H,5-9,12H2,1-4H3. The third-order valence-corrected chi connectivity index (χ3v) is 3.63. The number of imidazole rings is 1. The molecule has 0 saturated carbocycles. The van der Waals surface area contributed by atoms with E-state index in [1.54, 1.807) is 0 Å². The summed E-state index contributed by atoms with van der Waals surface area (Å²) in [6, 6.07) is 0.553. The van der Waals surface area contributed by atoms with E-state index in [4.69, 9.17) is 0 Å². The molecule has 2 atom stereocenters. The maximum absolute atomic E-state index is 4.50.